The molecule has 1 aromatic carbocycles. The molecule has 0 saturated heterocycles. The number of hydrogen-bond acceptors (Lipinski definition) is 3. The third kappa shape index (κ3) is 4.40. The lowest BCUT2D eigenvalue weighted by Gasteiger charge is -2.18. The van der Waals surface area contributed by atoms with Crippen LogP contribution in [0.4, 0.5) is 5.69 Å². The molecule has 0 radical (unpaired) electrons. The number of nitrogens with one attached hydrogen (secondary N) is 1. The summed E-state index contributed by atoms with van der Waals surface area (Å²) in [5.41, 5.74) is 6.49. The van der Waals surface area contributed by atoms with Crippen molar-refractivity contribution in [2.45, 2.75) is 33.2 Å². The summed E-state index contributed by atoms with van der Waals surface area (Å²) in [6.07, 6.45) is 0.860. The average molecular weight is 285 g/mol. The molecule has 0 saturated carbocycles. The molecule has 2 atom stereocenters. The van der Waals surface area contributed by atoms with Gasteiger partial charge in [-0.1, -0.05) is 31.9 Å². The zero-order valence-corrected chi connectivity index (χ0v) is 12.3. The Labute approximate surface area is 119 Å². The Morgan fingerprint density at radius 3 is 2.68 bits per heavy atom. The van der Waals surface area contributed by atoms with Gasteiger partial charge in [-0.05, 0) is 31.0 Å². The predicted molar refractivity (Wildman–Crippen MR) is 78.7 cm³/mol. The second-order valence-corrected chi connectivity index (χ2v) is 4.89. The number of amides is 1. The van der Waals surface area contributed by atoms with E-state index in [0.29, 0.717) is 23.1 Å². The highest BCUT2D eigenvalue weighted by molar-refractivity contribution is 6.32. The van der Waals surface area contributed by atoms with E-state index in [1.165, 1.54) is 0 Å². The van der Waals surface area contributed by atoms with Crippen LogP contribution in [0.15, 0.2) is 18.2 Å². The fourth-order valence-corrected chi connectivity index (χ4v) is 1.82. The normalized spacial score (nSPS) is 13.7. The molecule has 0 aromatic heterocycles. The SMILES string of the molecule is CCOc1ccc(NC(=O)[C@@H](N)[C@@H](C)CC)cc1Cl. The maximum absolute atomic E-state index is 11.9. The van der Waals surface area contributed by atoms with Gasteiger partial charge in [-0.2, -0.15) is 0 Å². The molecule has 19 heavy (non-hydrogen) atoms. The van der Waals surface area contributed by atoms with E-state index in [-0.39, 0.29) is 11.8 Å². The monoisotopic (exact) mass is 284 g/mol. The molecule has 3 N–H and O–H groups in total. The van der Waals surface area contributed by atoms with Crippen LogP contribution in [-0.4, -0.2) is 18.6 Å². The third-order valence-electron chi connectivity index (χ3n) is 3.06. The molecule has 0 fully saturated rings. The zero-order valence-electron chi connectivity index (χ0n) is 11.6. The van der Waals surface area contributed by atoms with Gasteiger partial charge in [-0.15, -0.1) is 0 Å². The highest BCUT2D eigenvalue weighted by atomic mass is 35.5. The van der Waals surface area contributed by atoms with Gasteiger partial charge in [0.1, 0.15) is 5.75 Å². The van der Waals surface area contributed by atoms with Crippen molar-refractivity contribution in [1.29, 1.82) is 0 Å². The Kier molecular flexibility index (Phi) is 6.12. The molecule has 1 rings (SSSR count). The van der Waals surface area contributed by atoms with Gasteiger partial charge < -0.3 is 15.8 Å². The van der Waals surface area contributed by atoms with Crippen molar-refractivity contribution >= 4 is 23.2 Å². The van der Waals surface area contributed by atoms with Gasteiger partial charge in [0.25, 0.3) is 0 Å². The molecule has 0 unspecified atom stereocenters. The fraction of sp³-hybridized carbons (Fsp3) is 0.500. The van der Waals surface area contributed by atoms with Gasteiger partial charge in [0, 0.05) is 5.69 Å². The van der Waals surface area contributed by atoms with Gasteiger partial charge in [0.15, 0.2) is 0 Å². The Hall–Kier alpha value is -1.26. The third-order valence-corrected chi connectivity index (χ3v) is 3.35. The van der Waals surface area contributed by atoms with Crippen molar-refractivity contribution in [3.05, 3.63) is 23.2 Å². The summed E-state index contributed by atoms with van der Waals surface area (Å²) in [7, 11) is 0. The first kappa shape index (κ1) is 15.8. The summed E-state index contributed by atoms with van der Waals surface area (Å²) in [5, 5.41) is 3.23. The molecule has 4 nitrogen and oxygen atoms in total. The number of benzene rings is 1. The number of ether oxygens (including phenoxy) is 1. The Morgan fingerprint density at radius 2 is 2.16 bits per heavy atom. The lowest BCUT2D eigenvalue weighted by atomic mass is 9.99. The standard InChI is InChI=1S/C14H21ClN2O2/c1-4-9(3)13(16)14(18)17-10-6-7-12(19-5-2)11(15)8-10/h6-9,13H,4-5,16H2,1-3H3,(H,17,18)/t9-,13-/m0/s1. The van der Waals surface area contributed by atoms with Crippen molar-refractivity contribution in [3.8, 4) is 5.75 Å². The van der Waals surface area contributed by atoms with Gasteiger partial charge in [-0.3, -0.25) is 4.79 Å². The van der Waals surface area contributed by atoms with E-state index in [2.05, 4.69) is 5.32 Å². The Bertz CT molecular complexity index is 437. The van der Waals surface area contributed by atoms with Gasteiger partial charge in [-0.25, -0.2) is 0 Å². The molecule has 0 spiro atoms. The molecule has 5 heteroatoms. The molecular weight excluding hydrogens is 264 g/mol. The van der Waals surface area contributed by atoms with E-state index in [9.17, 15) is 4.79 Å². The first-order chi connectivity index (χ1) is 8.99. The zero-order chi connectivity index (χ0) is 14.4. The molecule has 106 valence electrons. The Morgan fingerprint density at radius 1 is 1.47 bits per heavy atom. The van der Waals surface area contributed by atoms with E-state index in [1.807, 2.05) is 20.8 Å². The second-order valence-electron chi connectivity index (χ2n) is 4.48. The van der Waals surface area contributed by atoms with E-state index < -0.39 is 6.04 Å². The maximum atomic E-state index is 11.9. The van der Waals surface area contributed by atoms with Crippen LogP contribution in [0, 0.1) is 5.92 Å². The number of nitrogens with two attached hydrogens (primary N) is 1. The molecule has 0 aliphatic heterocycles. The van der Waals surface area contributed by atoms with Crippen molar-refractivity contribution < 1.29 is 9.53 Å². The maximum Gasteiger partial charge on any atom is 0.241 e. The summed E-state index contributed by atoms with van der Waals surface area (Å²) in [4.78, 5) is 11.9. The molecule has 0 aliphatic carbocycles. The van der Waals surface area contributed by atoms with Gasteiger partial charge in [0.2, 0.25) is 5.91 Å². The number of rotatable bonds is 6. The minimum absolute atomic E-state index is 0.137. The number of carbonyl (C=O) groups is 1. The molecule has 0 aliphatic rings. The lowest BCUT2D eigenvalue weighted by Crippen LogP contribution is -2.40. The molecule has 0 heterocycles. The number of halogens is 1. The van der Waals surface area contributed by atoms with E-state index >= 15 is 0 Å². The first-order valence-corrected chi connectivity index (χ1v) is 6.86. The molecule has 1 amide bonds. The summed E-state index contributed by atoms with van der Waals surface area (Å²) in [5.74, 6) is 0.543. The fourth-order valence-electron chi connectivity index (χ4n) is 1.59. The molecule has 0 bridgehead atoms. The quantitative estimate of drug-likeness (QED) is 0.844. The average Bonchev–Trinajstić information content (AvgIpc) is 2.40. The van der Waals surface area contributed by atoms with Gasteiger partial charge in [0.05, 0.1) is 17.7 Å². The topological polar surface area (TPSA) is 64.3 Å². The van der Waals surface area contributed by atoms with Crippen LogP contribution in [-0.2, 0) is 4.79 Å². The smallest absolute Gasteiger partial charge is 0.241 e. The van der Waals surface area contributed by atoms with Crippen LogP contribution >= 0.6 is 11.6 Å². The lowest BCUT2D eigenvalue weighted by molar-refractivity contribution is -0.118. The second kappa shape index (κ2) is 7.36. The number of carbonyl (C=O) groups excluding carboxylic acids is 1. The summed E-state index contributed by atoms with van der Waals surface area (Å²) in [6.45, 7) is 6.39. The van der Waals surface area contributed by atoms with Crippen molar-refractivity contribution in [1.82, 2.24) is 0 Å². The molecular formula is C14H21ClN2O2. The van der Waals surface area contributed by atoms with Crippen molar-refractivity contribution in [2.24, 2.45) is 11.7 Å². The van der Waals surface area contributed by atoms with Crippen LogP contribution in [0.25, 0.3) is 0 Å². The number of anilines is 1. The van der Waals surface area contributed by atoms with E-state index in [4.69, 9.17) is 22.1 Å². The number of hydrogen-bond donors (Lipinski definition) is 2. The largest absolute Gasteiger partial charge is 0.492 e. The molecule has 1 aromatic rings. The summed E-state index contributed by atoms with van der Waals surface area (Å²) >= 11 is 6.05. The van der Waals surface area contributed by atoms with Gasteiger partial charge >= 0.3 is 0 Å². The highest BCUT2D eigenvalue weighted by Gasteiger charge is 2.19. The van der Waals surface area contributed by atoms with E-state index in [1.54, 1.807) is 18.2 Å². The summed E-state index contributed by atoms with van der Waals surface area (Å²) in [6, 6.07) is 4.62. The predicted octanol–water partition coefficient (Wildman–Crippen LogP) is 3.05. The first-order valence-electron chi connectivity index (χ1n) is 6.48. The highest BCUT2D eigenvalue weighted by Crippen LogP contribution is 2.27. The minimum Gasteiger partial charge on any atom is -0.492 e. The van der Waals surface area contributed by atoms with E-state index in [0.717, 1.165) is 6.42 Å². The van der Waals surface area contributed by atoms with Crippen molar-refractivity contribution in [2.75, 3.05) is 11.9 Å². The van der Waals surface area contributed by atoms with Crippen LogP contribution in [0.2, 0.25) is 5.02 Å². The Balaban J connectivity index is 2.72. The summed E-state index contributed by atoms with van der Waals surface area (Å²) < 4.78 is 5.33. The van der Waals surface area contributed by atoms with Crippen LogP contribution in [0.1, 0.15) is 27.2 Å². The van der Waals surface area contributed by atoms with Crippen LogP contribution in [0.3, 0.4) is 0 Å². The van der Waals surface area contributed by atoms with Crippen molar-refractivity contribution in [3.63, 3.8) is 0 Å². The van der Waals surface area contributed by atoms with Crippen LogP contribution in [0.5, 0.6) is 5.75 Å². The minimum atomic E-state index is -0.518. The van der Waals surface area contributed by atoms with Crippen LogP contribution < -0.4 is 15.8 Å².